The van der Waals surface area contributed by atoms with Crippen molar-refractivity contribution in [2.75, 3.05) is 0 Å². The molecule has 13 heavy (non-hydrogen) atoms. The minimum Gasteiger partial charge on any atom is -0.368 e. The second-order valence-electron chi connectivity index (χ2n) is 2.47. The zero-order valence-corrected chi connectivity index (χ0v) is 8.27. The van der Waals surface area contributed by atoms with Crippen LogP contribution in [-0.2, 0) is 13.9 Å². The van der Waals surface area contributed by atoms with Gasteiger partial charge >= 0.3 is 15.2 Å². The molecular weight excluding hydrogens is 224 g/mol. The number of nitrogens with two attached hydrogens (primary N) is 1. The Kier molecular flexibility index (Phi) is 3.11. The quantitative estimate of drug-likeness (QED) is 0.372. The molecule has 0 bridgehead atoms. The van der Waals surface area contributed by atoms with Crippen molar-refractivity contribution in [2.45, 2.75) is 11.8 Å². The third kappa shape index (κ3) is 1.99. The molecule has 0 rings (SSSR count). The van der Waals surface area contributed by atoms with E-state index in [2.05, 4.69) is 5.73 Å². The van der Waals surface area contributed by atoms with Gasteiger partial charge in [0, 0.05) is 0 Å². The molecular formula is C3H9NO7P2. The molecule has 0 radical (unpaired) electrons. The number of carbonyl (C=O) groups is 1. The second kappa shape index (κ2) is 3.16. The zero-order valence-electron chi connectivity index (χ0n) is 6.49. The molecule has 0 aromatic rings. The molecule has 8 nitrogen and oxygen atoms in total. The molecule has 0 aromatic heterocycles. The number of hydrogen-bond acceptors (Lipinski definition) is 3. The van der Waals surface area contributed by atoms with Crippen molar-refractivity contribution in [1.82, 2.24) is 0 Å². The van der Waals surface area contributed by atoms with E-state index in [0.717, 1.165) is 0 Å². The van der Waals surface area contributed by atoms with E-state index in [-0.39, 0.29) is 0 Å². The molecule has 0 atom stereocenters. The Bertz CT molecular complexity index is 290. The number of rotatable bonds is 3. The van der Waals surface area contributed by atoms with E-state index in [4.69, 9.17) is 19.6 Å². The molecule has 10 heteroatoms. The van der Waals surface area contributed by atoms with Gasteiger partial charge < -0.3 is 25.3 Å². The molecule has 0 aliphatic heterocycles. The Hall–Kier alpha value is -0.230. The molecule has 0 aromatic carbocycles. The Morgan fingerprint density at radius 2 is 1.38 bits per heavy atom. The van der Waals surface area contributed by atoms with Crippen LogP contribution in [0.1, 0.15) is 6.92 Å². The maximum absolute atomic E-state index is 10.6. The third-order valence-electron chi connectivity index (χ3n) is 1.60. The highest BCUT2D eigenvalue weighted by Crippen LogP contribution is 2.68. The summed E-state index contributed by atoms with van der Waals surface area (Å²) < 4.78 is 21.3. The van der Waals surface area contributed by atoms with Gasteiger partial charge in [0.2, 0.25) is 10.8 Å². The average molecular weight is 233 g/mol. The normalized spacial score (nSPS) is 14.2. The highest BCUT2D eigenvalue weighted by Gasteiger charge is 2.61. The van der Waals surface area contributed by atoms with E-state index < -0.39 is 26.0 Å². The maximum Gasteiger partial charge on any atom is 0.353 e. The molecule has 0 heterocycles. The van der Waals surface area contributed by atoms with Gasteiger partial charge in [0.25, 0.3) is 0 Å². The standard InChI is InChI=1S/C3H9NO7P2/c1-3(2(4)5,12(6,7)8)13(9,10)11/h1H3,(H2,4,5)(H2,6,7,8)(H2,9,10,11). The molecule has 0 aliphatic rings. The minimum absolute atomic E-state index is 0.427. The monoisotopic (exact) mass is 233 g/mol. The number of carbonyl (C=O) groups excluding carboxylic acids is 1. The molecule has 0 saturated carbocycles. The summed E-state index contributed by atoms with van der Waals surface area (Å²) >= 11 is 0. The van der Waals surface area contributed by atoms with Crippen LogP contribution in [0.2, 0.25) is 0 Å². The van der Waals surface area contributed by atoms with Crippen molar-refractivity contribution in [3.05, 3.63) is 0 Å². The van der Waals surface area contributed by atoms with Gasteiger partial charge in [0.05, 0.1) is 0 Å². The number of amides is 1. The zero-order chi connectivity index (χ0) is 11.1. The van der Waals surface area contributed by atoms with Crippen LogP contribution < -0.4 is 5.73 Å². The van der Waals surface area contributed by atoms with Crippen LogP contribution in [0.25, 0.3) is 0 Å². The summed E-state index contributed by atoms with van der Waals surface area (Å²) in [4.78, 5) is 41.6. The summed E-state index contributed by atoms with van der Waals surface area (Å²) in [6, 6.07) is 0. The first kappa shape index (κ1) is 12.8. The molecule has 6 N–H and O–H groups in total. The summed E-state index contributed by atoms with van der Waals surface area (Å²) in [5, 5.41) is 0. The Labute approximate surface area is 73.1 Å². The lowest BCUT2D eigenvalue weighted by molar-refractivity contribution is -0.118. The molecule has 0 saturated heterocycles. The Morgan fingerprint density at radius 3 is 1.38 bits per heavy atom. The van der Waals surface area contributed by atoms with Gasteiger partial charge in [-0.3, -0.25) is 13.9 Å². The lowest BCUT2D eigenvalue weighted by Gasteiger charge is -2.26. The summed E-state index contributed by atoms with van der Waals surface area (Å²) in [5.74, 6) is -1.74. The van der Waals surface area contributed by atoms with Crippen molar-refractivity contribution in [2.24, 2.45) is 5.73 Å². The number of hydrogen-bond donors (Lipinski definition) is 5. The SMILES string of the molecule is CC(C(N)=O)(P(=O)(O)O)P(=O)(O)O. The van der Waals surface area contributed by atoms with Gasteiger partial charge in [0.15, 0.2) is 0 Å². The summed E-state index contributed by atoms with van der Waals surface area (Å²) in [5.41, 5.74) is 4.52. The van der Waals surface area contributed by atoms with Crippen LogP contribution in [0, 0.1) is 0 Å². The maximum atomic E-state index is 10.6. The average Bonchev–Trinajstić information content (AvgIpc) is 1.80. The molecule has 1 amide bonds. The predicted molar refractivity (Wildman–Crippen MR) is 41.7 cm³/mol. The van der Waals surface area contributed by atoms with Gasteiger partial charge in [-0.1, -0.05) is 0 Å². The van der Waals surface area contributed by atoms with Crippen molar-refractivity contribution in [1.29, 1.82) is 0 Å². The van der Waals surface area contributed by atoms with E-state index in [1.165, 1.54) is 0 Å². The smallest absolute Gasteiger partial charge is 0.353 e. The number of primary amides is 1. The Morgan fingerprint density at radius 1 is 1.15 bits per heavy atom. The van der Waals surface area contributed by atoms with Gasteiger partial charge in [-0.2, -0.15) is 0 Å². The lowest BCUT2D eigenvalue weighted by atomic mass is 10.4. The fraction of sp³-hybridized carbons (Fsp3) is 0.667. The van der Waals surface area contributed by atoms with Gasteiger partial charge in [-0.15, -0.1) is 0 Å². The van der Waals surface area contributed by atoms with E-state index in [1.807, 2.05) is 0 Å². The van der Waals surface area contributed by atoms with E-state index >= 15 is 0 Å². The summed E-state index contributed by atoms with van der Waals surface area (Å²) in [6.45, 7) is 0.427. The molecule has 0 aliphatic carbocycles. The van der Waals surface area contributed by atoms with Gasteiger partial charge in [-0.25, -0.2) is 0 Å². The van der Waals surface area contributed by atoms with Crippen molar-refractivity contribution in [3.63, 3.8) is 0 Å². The Balaban J connectivity index is 5.64. The van der Waals surface area contributed by atoms with E-state index in [9.17, 15) is 13.9 Å². The largest absolute Gasteiger partial charge is 0.368 e. The lowest BCUT2D eigenvalue weighted by Crippen LogP contribution is -2.40. The fourth-order valence-electron chi connectivity index (χ4n) is 0.457. The third-order valence-corrected chi connectivity index (χ3v) is 5.87. The van der Waals surface area contributed by atoms with Crippen LogP contribution in [0.3, 0.4) is 0 Å². The van der Waals surface area contributed by atoms with Crippen LogP contribution >= 0.6 is 15.2 Å². The highest BCUT2D eigenvalue weighted by molar-refractivity contribution is 7.74. The summed E-state index contributed by atoms with van der Waals surface area (Å²) in [7, 11) is -10.6. The van der Waals surface area contributed by atoms with Crippen molar-refractivity contribution < 1.29 is 33.5 Å². The fourth-order valence-corrected chi connectivity index (χ4v) is 2.39. The first-order valence-electron chi connectivity index (χ1n) is 2.86. The van der Waals surface area contributed by atoms with E-state index in [1.54, 1.807) is 0 Å². The van der Waals surface area contributed by atoms with Crippen LogP contribution in [-0.4, -0.2) is 30.4 Å². The van der Waals surface area contributed by atoms with Gasteiger partial charge in [-0.05, 0) is 6.92 Å². The molecule has 0 spiro atoms. The predicted octanol–water partition coefficient (Wildman–Crippen LogP) is -1.46. The van der Waals surface area contributed by atoms with Crippen LogP contribution in [0.5, 0.6) is 0 Å². The van der Waals surface area contributed by atoms with Crippen LogP contribution in [0.15, 0.2) is 0 Å². The topological polar surface area (TPSA) is 158 Å². The van der Waals surface area contributed by atoms with Crippen molar-refractivity contribution in [3.8, 4) is 0 Å². The minimum atomic E-state index is -5.30. The molecule has 0 fully saturated rings. The van der Waals surface area contributed by atoms with Gasteiger partial charge in [0.1, 0.15) is 0 Å². The first-order chi connectivity index (χ1) is 5.44. The van der Waals surface area contributed by atoms with E-state index in [0.29, 0.717) is 6.92 Å². The van der Waals surface area contributed by atoms with Crippen LogP contribution in [0.4, 0.5) is 0 Å². The van der Waals surface area contributed by atoms with Crippen molar-refractivity contribution >= 4 is 21.1 Å². The second-order valence-corrected chi connectivity index (χ2v) is 6.79. The first-order valence-corrected chi connectivity index (χ1v) is 6.08. The molecule has 0 unspecified atom stereocenters. The highest BCUT2D eigenvalue weighted by atomic mass is 31.2. The molecule has 78 valence electrons. The summed E-state index contributed by atoms with van der Waals surface area (Å²) in [6.07, 6.45) is 0.